The van der Waals surface area contributed by atoms with Crippen molar-refractivity contribution in [2.45, 2.75) is 38.5 Å². The fourth-order valence-electron chi connectivity index (χ4n) is 3.40. The van der Waals surface area contributed by atoms with Crippen LogP contribution < -0.4 is 4.72 Å². The van der Waals surface area contributed by atoms with E-state index in [0.717, 1.165) is 32.5 Å². The minimum atomic E-state index is -3.39. The predicted molar refractivity (Wildman–Crippen MR) is 94.8 cm³/mol. The molecule has 0 radical (unpaired) electrons. The molecule has 0 aromatic rings. The van der Waals surface area contributed by atoms with Crippen molar-refractivity contribution >= 4 is 16.1 Å². The highest BCUT2D eigenvalue weighted by molar-refractivity contribution is 7.87. The van der Waals surface area contributed by atoms with Gasteiger partial charge in [0.25, 0.3) is 10.2 Å². The summed E-state index contributed by atoms with van der Waals surface area (Å²) in [6, 6.07) is 0. The lowest BCUT2D eigenvalue weighted by Gasteiger charge is -2.34. The molecule has 1 amide bonds. The normalized spacial score (nSPS) is 24.1. The number of nitrogens with zero attached hydrogens (tertiary/aromatic N) is 3. The van der Waals surface area contributed by atoms with Gasteiger partial charge in [-0.15, -0.1) is 0 Å². The molecule has 0 unspecified atom stereocenters. The number of carbonyl (C=O) groups is 1. The molecule has 2 fully saturated rings. The van der Waals surface area contributed by atoms with Crippen LogP contribution in [0, 0.1) is 5.92 Å². The Morgan fingerprint density at radius 1 is 1.08 bits per heavy atom. The second-order valence-corrected chi connectivity index (χ2v) is 9.14. The fraction of sp³-hybridized carbons (Fsp3) is 0.938. The van der Waals surface area contributed by atoms with Crippen molar-refractivity contribution in [3.8, 4) is 0 Å². The third-order valence-corrected chi connectivity index (χ3v) is 6.46. The summed E-state index contributed by atoms with van der Waals surface area (Å²) in [6.45, 7) is 4.40. The van der Waals surface area contributed by atoms with Crippen LogP contribution in [-0.2, 0) is 15.0 Å². The molecule has 2 aliphatic heterocycles. The molecule has 0 spiro atoms. The van der Waals surface area contributed by atoms with E-state index in [1.807, 2.05) is 4.90 Å². The molecule has 24 heavy (non-hydrogen) atoms. The van der Waals surface area contributed by atoms with Crippen molar-refractivity contribution in [2.75, 3.05) is 53.4 Å². The summed E-state index contributed by atoms with van der Waals surface area (Å²) >= 11 is 0. The molecule has 0 aromatic carbocycles. The third-order valence-electron chi connectivity index (χ3n) is 4.96. The van der Waals surface area contributed by atoms with Gasteiger partial charge in [-0.2, -0.15) is 12.7 Å². The van der Waals surface area contributed by atoms with Crippen molar-refractivity contribution in [2.24, 2.45) is 5.92 Å². The average molecular weight is 361 g/mol. The molecule has 0 aromatic heterocycles. The summed E-state index contributed by atoms with van der Waals surface area (Å²) in [5.74, 6) is 0.388. The van der Waals surface area contributed by atoms with E-state index in [2.05, 4.69) is 9.62 Å². The molecule has 1 N–H and O–H groups in total. The van der Waals surface area contributed by atoms with Gasteiger partial charge in [0.2, 0.25) is 5.91 Å². The van der Waals surface area contributed by atoms with E-state index in [4.69, 9.17) is 0 Å². The van der Waals surface area contributed by atoms with Crippen molar-refractivity contribution in [1.82, 2.24) is 18.8 Å². The second kappa shape index (κ2) is 9.12. The van der Waals surface area contributed by atoms with E-state index >= 15 is 0 Å². The van der Waals surface area contributed by atoms with Gasteiger partial charge in [0.05, 0.1) is 6.54 Å². The van der Waals surface area contributed by atoms with Gasteiger partial charge in [0, 0.05) is 33.7 Å². The van der Waals surface area contributed by atoms with Crippen LogP contribution in [0.1, 0.15) is 38.5 Å². The summed E-state index contributed by atoms with van der Waals surface area (Å²) in [6.07, 6.45) is 6.80. The van der Waals surface area contributed by atoms with Crippen LogP contribution in [0.15, 0.2) is 0 Å². The minimum absolute atomic E-state index is 0.192. The van der Waals surface area contributed by atoms with Crippen LogP contribution in [0.3, 0.4) is 0 Å². The highest BCUT2D eigenvalue weighted by Gasteiger charge is 2.26. The van der Waals surface area contributed by atoms with E-state index in [-0.39, 0.29) is 11.8 Å². The van der Waals surface area contributed by atoms with Gasteiger partial charge >= 0.3 is 0 Å². The van der Waals surface area contributed by atoms with E-state index in [0.29, 0.717) is 19.6 Å². The topological polar surface area (TPSA) is 73.0 Å². The van der Waals surface area contributed by atoms with Crippen LogP contribution in [0.25, 0.3) is 0 Å². The van der Waals surface area contributed by atoms with Crippen LogP contribution in [0.5, 0.6) is 0 Å². The van der Waals surface area contributed by atoms with Crippen LogP contribution in [-0.4, -0.2) is 81.8 Å². The number of rotatable bonds is 6. The van der Waals surface area contributed by atoms with Gasteiger partial charge in [0.1, 0.15) is 0 Å². The Hall–Kier alpha value is -0.700. The fourth-order valence-corrected chi connectivity index (χ4v) is 4.10. The summed E-state index contributed by atoms with van der Waals surface area (Å²) < 4.78 is 27.4. The number of likely N-dealkylation sites (tertiary alicyclic amines) is 2. The van der Waals surface area contributed by atoms with Gasteiger partial charge in [-0.25, -0.2) is 4.72 Å². The molecular formula is C16H32N4O3S. The number of nitrogens with one attached hydrogen (secondary N) is 1. The summed E-state index contributed by atoms with van der Waals surface area (Å²) in [7, 11) is -0.362. The van der Waals surface area contributed by atoms with E-state index in [1.54, 1.807) is 0 Å². The maximum Gasteiger partial charge on any atom is 0.278 e. The van der Waals surface area contributed by atoms with E-state index in [9.17, 15) is 13.2 Å². The maximum absolute atomic E-state index is 12.6. The molecule has 0 bridgehead atoms. The maximum atomic E-state index is 12.6. The molecule has 2 aliphatic rings. The first-order chi connectivity index (χ1) is 11.4. The van der Waals surface area contributed by atoms with Gasteiger partial charge < -0.3 is 4.90 Å². The molecule has 2 rings (SSSR count). The Morgan fingerprint density at radius 2 is 1.75 bits per heavy atom. The molecule has 0 saturated carbocycles. The second-order valence-electron chi connectivity index (χ2n) is 7.17. The summed E-state index contributed by atoms with van der Waals surface area (Å²) in [5.41, 5.74) is 0. The Labute approximate surface area is 146 Å². The molecule has 140 valence electrons. The van der Waals surface area contributed by atoms with Crippen molar-refractivity contribution in [3.05, 3.63) is 0 Å². The summed E-state index contributed by atoms with van der Waals surface area (Å²) in [4.78, 5) is 16.8. The van der Waals surface area contributed by atoms with Gasteiger partial charge in [0.15, 0.2) is 0 Å². The molecule has 8 heteroatoms. The monoisotopic (exact) mass is 360 g/mol. The molecule has 0 aliphatic carbocycles. The lowest BCUT2D eigenvalue weighted by molar-refractivity contribution is -0.134. The number of amides is 1. The van der Waals surface area contributed by atoms with E-state index in [1.165, 1.54) is 44.1 Å². The zero-order valence-electron chi connectivity index (χ0n) is 15.0. The van der Waals surface area contributed by atoms with Gasteiger partial charge in [-0.1, -0.05) is 12.8 Å². The standard InChI is InChI=1S/C16H32N4O3S/c1-18(2)24(22,23)17-12-15-8-7-11-20(13-15)16(21)14-19-9-5-3-4-6-10-19/h15,17H,3-14H2,1-2H3/t15-/m0/s1. The lowest BCUT2D eigenvalue weighted by Crippen LogP contribution is -2.48. The molecule has 2 heterocycles. The Kier molecular flexibility index (Phi) is 7.46. The van der Waals surface area contributed by atoms with Gasteiger partial charge in [-0.05, 0) is 44.7 Å². The Balaban J connectivity index is 1.80. The van der Waals surface area contributed by atoms with Crippen LogP contribution in [0.4, 0.5) is 0 Å². The molecule has 1 atom stereocenters. The number of hydrogen-bond acceptors (Lipinski definition) is 4. The lowest BCUT2D eigenvalue weighted by atomic mass is 9.98. The highest BCUT2D eigenvalue weighted by atomic mass is 32.2. The zero-order valence-corrected chi connectivity index (χ0v) is 15.9. The Bertz CT molecular complexity index is 501. The number of piperidine rings is 1. The van der Waals surface area contributed by atoms with Crippen molar-refractivity contribution < 1.29 is 13.2 Å². The summed E-state index contributed by atoms with van der Waals surface area (Å²) in [5, 5.41) is 0. The average Bonchev–Trinajstić information content (AvgIpc) is 2.82. The zero-order chi connectivity index (χ0) is 17.6. The first kappa shape index (κ1) is 19.6. The van der Waals surface area contributed by atoms with Crippen LogP contribution in [0.2, 0.25) is 0 Å². The molecule has 7 nitrogen and oxygen atoms in total. The van der Waals surface area contributed by atoms with Crippen molar-refractivity contribution in [1.29, 1.82) is 0 Å². The predicted octanol–water partition coefficient (Wildman–Crippen LogP) is 0.497. The smallest absolute Gasteiger partial charge is 0.278 e. The SMILES string of the molecule is CN(C)S(=O)(=O)NC[C@@H]1CCCN(C(=O)CN2CCCCCC2)C1. The number of carbonyl (C=O) groups excluding carboxylic acids is 1. The highest BCUT2D eigenvalue weighted by Crippen LogP contribution is 2.17. The quantitative estimate of drug-likeness (QED) is 0.749. The van der Waals surface area contributed by atoms with Crippen LogP contribution >= 0.6 is 0 Å². The molecule has 2 saturated heterocycles. The first-order valence-corrected chi connectivity index (χ1v) is 10.5. The number of hydrogen-bond donors (Lipinski definition) is 1. The van der Waals surface area contributed by atoms with E-state index < -0.39 is 10.2 Å². The first-order valence-electron chi connectivity index (χ1n) is 9.06. The largest absolute Gasteiger partial charge is 0.341 e. The van der Waals surface area contributed by atoms with Crippen molar-refractivity contribution in [3.63, 3.8) is 0 Å². The Morgan fingerprint density at radius 3 is 2.38 bits per heavy atom. The molecular weight excluding hydrogens is 328 g/mol. The minimum Gasteiger partial charge on any atom is -0.341 e. The van der Waals surface area contributed by atoms with Gasteiger partial charge in [-0.3, -0.25) is 9.69 Å². The third kappa shape index (κ3) is 5.98.